The van der Waals surface area contributed by atoms with Crippen molar-refractivity contribution in [3.05, 3.63) is 83.5 Å². The van der Waals surface area contributed by atoms with Crippen LogP contribution < -0.4 is 15.8 Å². The molecule has 0 amide bonds. The van der Waals surface area contributed by atoms with Crippen LogP contribution in [0, 0.1) is 6.92 Å². The lowest BCUT2D eigenvalue weighted by Gasteiger charge is -2.33. The number of hydrazine groups is 1. The van der Waals surface area contributed by atoms with Gasteiger partial charge in [-0.05, 0) is 43.8 Å². The molecule has 10 nitrogen and oxygen atoms in total. The first kappa shape index (κ1) is 23.4. The Bertz CT molecular complexity index is 1430. The number of aryl methyl sites for hydroxylation is 2. The number of aromatic nitrogens is 5. The average Bonchev–Trinajstić information content (AvgIpc) is 3.51. The molecule has 0 saturated carbocycles. The maximum atomic E-state index is 4.78. The molecule has 36 heavy (non-hydrogen) atoms. The van der Waals surface area contributed by atoms with Crippen LogP contribution in [-0.2, 0) is 13.5 Å². The van der Waals surface area contributed by atoms with Crippen LogP contribution in [0.4, 0.5) is 11.6 Å². The summed E-state index contributed by atoms with van der Waals surface area (Å²) in [6.45, 7) is 6.83. The minimum absolute atomic E-state index is 0.203. The number of rotatable bonds is 9. The zero-order valence-electron chi connectivity index (χ0n) is 20.8. The van der Waals surface area contributed by atoms with Gasteiger partial charge in [0.05, 0.1) is 11.9 Å². The van der Waals surface area contributed by atoms with E-state index in [1.165, 1.54) is 11.1 Å². The molecule has 1 aliphatic rings. The molecule has 0 spiro atoms. The Kier molecular flexibility index (Phi) is 6.59. The number of nitrogens with zero attached hydrogens (tertiary/aromatic N) is 8. The first-order valence-electron chi connectivity index (χ1n) is 11.9. The van der Waals surface area contributed by atoms with E-state index in [2.05, 4.69) is 84.4 Å². The van der Waals surface area contributed by atoms with E-state index in [0.717, 1.165) is 47.3 Å². The van der Waals surface area contributed by atoms with Crippen molar-refractivity contribution >= 4 is 29.7 Å². The first-order valence-corrected chi connectivity index (χ1v) is 11.9. The smallest absolute Gasteiger partial charge is 0.163 e. The van der Waals surface area contributed by atoms with Gasteiger partial charge < -0.3 is 5.32 Å². The van der Waals surface area contributed by atoms with Crippen molar-refractivity contribution in [2.75, 3.05) is 30.6 Å². The summed E-state index contributed by atoms with van der Waals surface area (Å²) in [6.07, 6.45) is 6.12. The van der Waals surface area contributed by atoms with E-state index in [1.54, 1.807) is 17.1 Å². The number of hydrogen-bond donors (Lipinski definition) is 2. The summed E-state index contributed by atoms with van der Waals surface area (Å²) < 4.78 is 3.89. The number of pyridine rings is 1. The number of benzene rings is 1. The minimum atomic E-state index is 0.203. The van der Waals surface area contributed by atoms with Gasteiger partial charge in [0.15, 0.2) is 5.65 Å². The Labute approximate surface area is 210 Å². The van der Waals surface area contributed by atoms with Gasteiger partial charge in [-0.25, -0.2) is 5.43 Å². The zero-order valence-corrected chi connectivity index (χ0v) is 20.8. The Balaban J connectivity index is 1.49. The largest absolute Gasteiger partial charge is 0.351 e. The third kappa shape index (κ3) is 4.63. The van der Waals surface area contributed by atoms with Gasteiger partial charge in [0.25, 0.3) is 0 Å². The molecule has 0 radical (unpaired) electrons. The second-order valence-corrected chi connectivity index (χ2v) is 8.79. The molecule has 0 aliphatic carbocycles. The van der Waals surface area contributed by atoms with Crippen molar-refractivity contribution in [3.63, 3.8) is 0 Å². The third-order valence-corrected chi connectivity index (χ3v) is 6.39. The van der Waals surface area contributed by atoms with Crippen LogP contribution in [-0.4, -0.2) is 57.1 Å². The summed E-state index contributed by atoms with van der Waals surface area (Å²) in [5.74, 6) is 3.03. The topological polar surface area (TPSA) is 100 Å². The van der Waals surface area contributed by atoms with Crippen molar-refractivity contribution < 1.29 is 0 Å². The fourth-order valence-electron chi connectivity index (χ4n) is 4.52. The summed E-state index contributed by atoms with van der Waals surface area (Å²) in [4.78, 5) is 8.65. The van der Waals surface area contributed by atoms with E-state index in [0.29, 0.717) is 6.67 Å². The molecule has 0 saturated heterocycles. The summed E-state index contributed by atoms with van der Waals surface area (Å²) in [7, 11) is 3.82. The first-order chi connectivity index (χ1) is 17.6. The molecule has 1 aliphatic heterocycles. The van der Waals surface area contributed by atoms with Gasteiger partial charge in [-0.3, -0.25) is 24.1 Å². The standard InChI is InChI=1S/C26H30N10/c1-18-5-7-19(8-6-18)13-21-16-35(28-3)25-15-20(14-24-32-33-26(21)36(24)25)22(9-11-27-2)29-17-30-23-10-12-31-34(23)4/h5-12,14-15,21,28,30H,2,13,16-17H2,1,3-4H3/b11-9-,29-22+. The maximum Gasteiger partial charge on any atom is 0.163 e. The van der Waals surface area contributed by atoms with E-state index < -0.39 is 0 Å². The maximum absolute atomic E-state index is 4.78. The number of hydrogen-bond acceptors (Lipinski definition) is 8. The van der Waals surface area contributed by atoms with Gasteiger partial charge in [-0.2, -0.15) is 5.10 Å². The van der Waals surface area contributed by atoms with Gasteiger partial charge >= 0.3 is 0 Å². The highest BCUT2D eigenvalue weighted by atomic mass is 15.5. The van der Waals surface area contributed by atoms with Gasteiger partial charge in [0.1, 0.15) is 24.1 Å². The van der Waals surface area contributed by atoms with E-state index in [4.69, 9.17) is 4.99 Å². The zero-order chi connectivity index (χ0) is 25.1. The van der Waals surface area contributed by atoms with Crippen LogP contribution in [0.15, 0.2) is 70.9 Å². The Morgan fingerprint density at radius 3 is 2.75 bits per heavy atom. The van der Waals surface area contributed by atoms with Crippen LogP contribution in [0.5, 0.6) is 0 Å². The van der Waals surface area contributed by atoms with Gasteiger partial charge in [0.2, 0.25) is 0 Å². The van der Waals surface area contributed by atoms with E-state index in [1.807, 2.05) is 32.3 Å². The van der Waals surface area contributed by atoms with Crippen LogP contribution >= 0.6 is 0 Å². The van der Waals surface area contributed by atoms with Crippen molar-refractivity contribution in [2.24, 2.45) is 17.0 Å². The molecule has 0 bridgehead atoms. The van der Waals surface area contributed by atoms with Crippen molar-refractivity contribution in [3.8, 4) is 0 Å². The van der Waals surface area contributed by atoms with Crippen molar-refractivity contribution in [2.45, 2.75) is 19.3 Å². The highest BCUT2D eigenvalue weighted by Gasteiger charge is 2.30. The molecule has 1 unspecified atom stereocenters. The second-order valence-electron chi connectivity index (χ2n) is 8.79. The molecular weight excluding hydrogens is 452 g/mol. The van der Waals surface area contributed by atoms with Gasteiger partial charge in [0, 0.05) is 44.4 Å². The Morgan fingerprint density at radius 2 is 2.03 bits per heavy atom. The van der Waals surface area contributed by atoms with Crippen LogP contribution in [0.1, 0.15) is 28.4 Å². The average molecular weight is 483 g/mol. The van der Waals surface area contributed by atoms with Crippen LogP contribution in [0.2, 0.25) is 0 Å². The second kappa shape index (κ2) is 10.1. The van der Waals surface area contributed by atoms with Gasteiger partial charge in [-0.1, -0.05) is 29.8 Å². The Hall–Kier alpha value is -4.31. The quantitative estimate of drug-likeness (QED) is 0.356. The van der Waals surface area contributed by atoms with E-state index >= 15 is 0 Å². The highest BCUT2D eigenvalue weighted by molar-refractivity contribution is 6.09. The molecule has 1 aromatic carbocycles. The van der Waals surface area contributed by atoms with Crippen LogP contribution in [0.3, 0.4) is 0 Å². The molecule has 1 atom stereocenters. The number of nitrogens with one attached hydrogen (secondary N) is 2. The fourth-order valence-corrected chi connectivity index (χ4v) is 4.52. The van der Waals surface area contributed by atoms with Crippen LogP contribution in [0.25, 0.3) is 5.65 Å². The minimum Gasteiger partial charge on any atom is -0.351 e. The predicted molar refractivity (Wildman–Crippen MR) is 144 cm³/mol. The molecule has 4 heterocycles. The molecule has 5 rings (SSSR count). The molecule has 0 fully saturated rings. The fraction of sp³-hybridized carbons (Fsp3) is 0.269. The summed E-state index contributed by atoms with van der Waals surface area (Å²) in [5.41, 5.74) is 8.35. The number of aliphatic imine (C=N–C) groups is 2. The molecule has 4 aromatic rings. The lowest BCUT2D eigenvalue weighted by Crippen LogP contribution is -2.43. The molecule has 184 valence electrons. The highest BCUT2D eigenvalue weighted by Crippen LogP contribution is 2.32. The number of anilines is 2. The summed E-state index contributed by atoms with van der Waals surface area (Å²) >= 11 is 0. The molecular formula is C26H30N10. The monoisotopic (exact) mass is 482 g/mol. The lowest BCUT2D eigenvalue weighted by molar-refractivity contribution is 0.535. The summed E-state index contributed by atoms with van der Waals surface area (Å²) in [6, 6.07) is 14.7. The van der Waals surface area contributed by atoms with E-state index in [-0.39, 0.29) is 5.92 Å². The van der Waals surface area contributed by atoms with Crippen molar-refractivity contribution in [1.82, 2.24) is 29.8 Å². The Morgan fingerprint density at radius 1 is 1.19 bits per heavy atom. The van der Waals surface area contributed by atoms with E-state index in [9.17, 15) is 0 Å². The van der Waals surface area contributed by atoms with Crippen molar-refractivity contribution in [1.29, 1.82) is 0 Å². The molecule has 10 heteroatoms. The lowest BCUT2D eigenvalue weighted by atomic mass is 9.96. The molecule has 2 N–H and O–H groups in total. The predicted octanol–water partition coefficient (Wildman–Crippen LogP) is 3.12. The normalized spacial score (nSPS) is 15.7. The van der Waals surface area contributed by atoms with Gasteiger partial charge in [-0.15, -0.1) is 10.2 Å². The SMILES string of the molecule is C=N/C=C\C(=N/CNc1ccnn1C)c1cc2n3c(nnc3c1)C(Cc1ccc(C)cc1)CN2NC. The molecule has 3 aromatic heterocycles. The number of allylic oxidation sites excluding steroid dienone is 1. The third-order valence-electron chi connectivity index (χ3n) is 6.39. The summed E-state index contributed by atoms with van der Waals surface area (Å²) in [5, 5.41) is 18.8.